The van der Waals surface area contributed by atoms with E-state index in [0.29, 0.717) is 5.56 Å². The van der Waals surface area contributed by atoms with Crippen LogP contribution in [0.5, 0.6) is 0 Å². The third kappa shape index (κ3) is 3.92. The number of rotatable bonds is 3. The molecule has 0 aliphatic rings. The second-order valence-electron chi connectivity index (χ2n) is 4.62. The van der Waals surface area contributed by atoms with Crippen LogP contribution in [0.25, 0.3) is 0 Å². The Morgan fingerprint density at radius 2 is 1.94 bits per heavy atom. The molecule has 1 aromatic carbocycles. The van der Waals surface area contributed by atoms with Crippen LogP contribution in [-0.2, 0) is 11.3 Å². The maximum atomic E-state index is 13.0. The zero-order valence-corrected chi connectivity index (χ0v) is 9.70. The van der Waals surface area contributed by atoms with Crippen LogP contribution in [-0.4, -0.2) is 22.8 Å². The van der Waals surface area contributed by atoms with E-state index in [-0.39, 0.29) is 17.7 Å². The van der Waals surface area contributed by atoms with Crippen LogP contribution in [0.1, 0.15) is 26.3 Å². The standard InChI is InChI=1S/C11H16BFO3/c1-11(2,3)16-7-8-6-9(13)4-5-10(8)12(14)15/h4-6,14-15H,7H2,1-3H3. The predicted molar refractivity (Wildman–Crippen MR) is 60.8 cm³/mol. The largest absolute Gasteiger partial charge is 0.488 e. The van der Waals surface area contributed by atoms with E-state index in [2.05, 4.69) is 0 Å². The van der Waals surface area contributed by atoms with Crippen LogP contribution >= 0.6 is 0 Å². The first-order valence-corrected chi connectivity index (χ1v) is 5.08. The van der Waals surface area contributed by atoms with E-state index in [1.807, 2.05) is 20.8 Å². The Bertz CT molecular complexity index is 361. The number of halogens is 1. The quantitative estimate of drug-likeness (QED) is 0.750. The summed E-state index contributed by atoms with van der Waals surface area (Å²) < 4.78 is 18.5. The zero-order valence-electron chi connectivity index (χ0n) is 9.70. The van der Waals surface area contributed by atoms with E-state index < -0.39 is 12.9 Å². The molecular formula is C11H16BFO3. The summed E-state index contributed by atoms with van der Waals surface area (Å²) in [6.07, 6.45) is 0. The van der Waals surface area contributed by atoms with Crippen LogP contribution in [0.15, 0.2) is 18.2 Å². The minimum absolute atomic E-state index is 0.147. The summed E-state index contributed by atoms with van der Waals surface area (Å²) in [4.78, 5) is 0. The number of hydrogen-bond acceptors (Lipinski definition) is 3. The fraction of sp³-hybridized carbons (Fsp3) is 0.455. The highest BCUT2D eigenvalue weighted by molar-refractivity contribution is 6.59. The highest BCUT2D eigenvalue weighted by Crippen LogP contribution is 2.11. The van der Waals surface area contributed by atoms with Gasteiger partial charge in [0.25, 0.3) is 0 Å². The molecule has 1 rings (SSSR count). The number of benzene rings is 1. The second kappa shape index (κ2) is 4.95. The van der Waals surface area contributed by atoms with E-state index in [4.69, 9.17) is 14.8 Å². The Morgan fingerprint density at radius 1 is 1.31 bits per heavy atom. The Balaban J connectivity index is 2.88. The molecule has 0 saturated carbocycles. The van der Waals surface area contributed by atoms with Gasteiger partial charge in [0.1, 0.15) is 5.82 Å². The zero-order chi connectivity index (χ0) is 12.3. The van der Waals surface area contributed by atoms with E-state index in [1.54, 1.807) is 0 Å². The van der Waals surface area contributed by atoms with Gasteiger partial charge < -0.3 is 14.8 Å². The van der Waals surface area contributed by atoms with Crippen molar-refractivity contribution < 1.29 is 19.2 Å². The molecule has 0 heterocycles. The fourth-order valence-corrected chi connectivity index (χ4v) is 1.25. The highest BCUT2D eigenvalue weighted by atomic mass is 19.1. The van der Waals surface area contributed by atoms with Crippen LogP contribution in [0.2, 0.25) is 0 Å². The van der Waals surface area contributed by atoms with Crippen molar-refractivity contribution in [3.05, 3.63) is 29.6 Å². The predicted octanol–water partition coefficient (Wildman–Crippen LogP) is 0.821. The first-order valence-electron chi connectivity index (χ1n) is 5.08. The molecule has 0 atom stereocenters. The molecule has 2 N–H and O–H groups in total. The smallest absolute Gasteiger partial charge is 0.423 e. The van der Waals surface area contributed by atoms with Crippen molar-refractivity contribution in [3.8, 4) is 0 Å². The van der Waals surface area contributed by atoms with Crippen LogP contribution in [0.4, 0.5) is 4.39 Å². The van der Waals surface area contributed by atoms with Gasteiger partial charge in [-0.05, 0) is 43.9 Å². The summed E-state index contributed by atoms with van der Waals surface area (Å²) in [6, 6.07) is 3.79. The van der Waals surface area contributed by atoms with Crippen molar-refractivity contribution in [1.82, 2.24) is 0 Å². The van der Waals surface area contributed by atoms with Crippen molar-refractivity contribution in [1.29, 1.82) is 0 Å². The number of ether oxygens (including phenoxy) is 1. The number of hydrogen-bond donors (Lipinski definition) is 2. The summed E-state index contributed by atoms with van der Waals surface area (Å²) in [5.41, 5.74) is 0.361. The van der Waals surface area contributed by atoms with Gasteiger partial charge in [-0.3, -0.25) is 0 Å². The minimum atomic E-state index is -1.61. The lowest BCUT2D eigenvalue weighted by molar-refractivity contribution is -0.0147. The average molecular weight is 226 g/mol. The third-order valence-corrected chi connectivity index (χ3v) is 2.04. The van der Waals surface area contributed by atoms with Gasteiger partial charge in [0, 0.05) is 0 Å². The molecule has 1 aromatic rings. The molecule has 0 unspecified atom stereocenters. The van der Waals surface area contributed by atoms with Gasteiger partial charge >= 0.3 is 7.12 Å². The van der Waals surface area contributed by atoms with Crippen molar-refractivity contribution in [3.63, 3.8) is 0 Å². The summed E-state index contributed by atoms with van der Waals surface area (Å²) >= 11 is 0. The maximum absolute atomic E-state index is 13.0. The summed E-state index contributed by atoms with van der Waals surface area (Å²) in [5.74, 6) is -0.420. The lowest BCUT2D eigenvalue weighted by Gasteiger charge is -2.20. The molecule has 0 bridgehead atoms. The molecule has 0 saturated heterocycles. The van der Waals surface area contributed by atoms with Crippen molar-refractivity contribution >= 4 is 12.6 Å². The molecule has 0 radical (unpaired) electrons. The topological polar surface area (TPSA) is 49.7 Å². The van der Waals surface area contributed by atoms with E-state index in [1.165, 1.54) is 18.2 Å². The van der Waals surface area contributed by atoms with Gasteiger partial charge in [0.15, 0.2) is 0 Å². The molecular weight excluding hydrogens is 210 g/mol. The summed E-state index contributed by atoms with van der Waals surface area (Å²) in [6.45, 7) is 5.78. The van der Waals surface area contributed by atoms with Gasteiger partial charge in [-0.1, -0.05) is 6.07 Å². The Hall–Kier alpha value is -0.905. The minimum Gasteiger partial charge on any atom is -0.423 e. The third-order valence-electron chi connectivity index (χ3n) is 2.04. The molecule has 0 aromatic heterocycles. The van der Waals surface area contributed by atoms with Crippen LogP contribution in [0, 0.1) is 5.82 Å². The fourth-order valence-electron chi connectivity index (χ4n) is 1.25. The molecule has 0 aliphatic heterocycles. The van der Waals surface area contributed by atoms with Gasteiger partial charge in [-0.2, -0.15) is 0 Å². The first-order chi connectivity index (χ1) is 7.29. The SMILES string of the molecule is CC(C)(C)OCc1cc(F)ccc1B(O)O. The van der Waals surface area contributed by atoms with Gasteiger partial charge in [0.05, 0.1) is 12.2 Å². The van der Waals surface area contributed by atoms with Crippen molar-refractivity contribution in [2.45, 2.75) is 33.0 Å². The molecule has 3 nitrogen and oxygen atoms in total. The van der Waals surface area contributed by atoms with Gasteiger partial charge in [0.2, 0.25) is 0 Å². The lowest BCUT2D eigenvalue weighted by Crippen LogP contribution is -2.34. The average Bonchev–Trinajstić information content (AvgIpc) is 2.13. The highest BCUT2D eigenvalue weighted by Gasteiger charge is 2.18. The van der Waals surface area contributed by atoms with Crippen molar-refractivity contribution in [2.24, 2.45) is 0 Å². The molecule has 5 heteroatoms. The van der Waals surface area contributed by atoms with E-state index in [9.17, 15) is 4.39 Å². The van der Waals surface area contributed by atoms with Crippen LogP contribution < -0.4 is 5.46 Å². The molecule has 0 spiro atoms. The second-order valence-corrected chi connectivity index (χ2v) is 4.62. The van der Waals surface area contributed by atoms with Crippen LogP contribution in [0.3, 0.4) is 0 Å². The van der Waals surface area contributed by atoms with E-state index >= 15 is 0 Å². The molecule has 88 valence electrons. The van der Waals surface area contributed by atoms with E-state index in [0.717, 1.165) is 0 Å². The Morgan fingerprint density at radius 3 is 2.44 bits per heavy atom. The maximum Gasteiger partial charge on any atom is 0.488 e. The van der Waals surface area contributed by atoms with Gasteiger partial charge in [-0.15, -0.1) is 0 Å². The lowest BCUT2D eigenvalue weighted by atomic mass is 9.77. The summed E-state index contributed by atoms with van der Waals surface area (Å²) in [7, 11) is -1.61. The van der Waals surface area contributed by atoms with Gasteiger partial charge in [-0.25, -0.2) is 4.39 Å². The Labute approximate surface area is 95.0 Å². The normalized spacial score (nSPS) is 11.6. The molecule has 0 aliphatic carbocycles. The molecule has 0 fully saturated rings. The molecule has 0 amide bonds. The van der Waals surface area contributed by atoms with Crippen molar-refractivity contribution in [2.75, 3.05) is 0 Å². The monoisotopic (exact) mass is 226 g/mol. The Kier molecular flexibility index (Phi) is 4.07. The molecule has 16 heavy (non-hydrogen) atoms. The first kappa shape index (κ1) is 13.2. The summed E-state index contributed by atoms with van der Waals surface area (Å²) in [5, 5.41) is 18.2.